The topological polar surface area (TPSA) is 92.8 Å². The van der Waals surface area contributed by atoms with Gasteiger partial charge >= 0.3 is 5.97 Å². The van der Waals surface area contributed by atoms with Gasteiger partial charge in [0.15, 0.2) is 0 Å². The molecule has 148 valence electrons. The number of rotatable bonds is 7. The van der Waals surface area contributed by atoms with Gasteiger partial charge in [-0.25, -0.2) is 8.42 Å². The molecule has 0 bridgehead atoms. The summed E-state index contributed by atoms with van der Waals surface area (Å²) in [5.41, 5.74) is 0. The van der Waals surface area contributed by atoms with Crippen LogP contribution in [0.1, 0.15) is 25.7 Å². The van der Waals surface area contributed by atoms with Gasteiger partial charge in [-0.1, -0.05) is 15.9 Å². The number of halogens is 1. The van der Waals surface area contributed by atoms with Gasteiger partial charge in [-0.05, 0) is 55.9 Å². The van der Waals surface area contributed by atoms with Crippen molar-refractivity contribution in [3.63, 3.8) is 0 Å². The lowest BCUT2D eigenvalue weighted by molar-refractivity contribution is -0.144. The molecule has 1 aromatic carbocycles. The van der Waals surface area contributed by atoms with Gasteiger partial charge in [-0.2, -0.15) is 4.31 Å². The molecule has 2 aliphatic rings. The van der Waals surface area contributed by atoms with Crippen LogP contribution in [0.3, 0.4) is 0 Å². The maximum Gasteiger partial charge on any atom is 0.325 e. The van der Waals surface area contributed by atoms with E-state index in [1.165, 1.54) is 4.31 Å². The predicted octanol–water partition coefficient (Wildman–Crippen LogP) is 1.92. The molecule has 3 rings (SSSR count). The third-order valence-corrected chi connectivity index (χ3v) is 7.20. The molecule has 1 amide bonds. The van der Waals surface area contributed by atoms with E-state index in [4.69, 9.17) is 4.74 Å². The lowest BCUT2D eigenvalue weighted by atomic mass is 9.99. The zero-order chi connectivity index (χ0) is 19.4. The van der Waals surface area contributed by atoms with Crippen LogP contribution in [0.4, 0.5) is 0 Å². The largest absolute Gasteiger partial charge is 0.464 e. The van der Waals surface area contributed by atoms with Crippen LogP contribution in [0.2, 0.25) is 0 Å². The Hall–Kier alpha value is -1.45. The molecular weight excluding hydrogens is 436 g/mol. The van der Waals surface area contributed by atoms with E-state index in [1.54, 1.807) is 24.3 Å². The highest BCUT2D eigenvalue weighted by Crippen LogP contribution is 2.28. The summed E-state index contributed by atoms with van der Waals surface area (Å²) >= 11 is 3.29. The van der Waals surface area contributed by atoms with Gasteiger partial charge in [0.05, 0.1) is 17.4 Å². The Morgan fingerprint density at radius 2 is 1.89 bits per heavy atom. The monoisotopic (exact) mass is 458 g/mol. The predicted molar refractivity (Wildman–Crippen MR) is 102 cm³/mol. The SMILES string of the molecule is O=C(CNC(=O)C1CCCN(S(=O)(=O)c2ccc(Br)cc2)C1)OCC1CC1. The fraction of sp³-hybridized carbons (Fsp3) is 0.556. The minimum absolute atomic E-state index is 0.112. The lowest BCUT2D eigenvalue weighted by Crippen LogP contribution is -2.46. The minimum atomic E-state index is -3.65. The number of esters is 1. The second kappa shape index (κ2) is 8.70. The molecule has 1 saturated carbocycles. The number of sulfonamides is 1. The zero-order valence-corrected chi connectivity index (χ0v) is 17.3. The molecule has 2 fully saturated rings. The van der Waals surface area contributed by atoms with Crippen LogP contribution in [0.25, 0.3) is 0 Å². The van der Waals surface area contributed by atoms with Gasteiger partial charge in [0.1, 0.15) is 6.54 Å². The normalized spacial score (nSPS) is 20.9. The fourth-order valence-corrected chi connectivity index (χ4v) is 4.77. The molecule has 1 unspecified atom stereocenters. The summed E-state index contributed by atoms with van der Waals surface area (Å²) in [6.07, 6.45) is 3.37. The second-order valence-corrected chi connectivity index (χ2v) is 9.85. The minimum Gasteiger partial charge on any atom is -0.464 e. The molecule has 9 heteroatoms. The highest BCUT2D eigenvalue weighted by atomic mass is 79.9. The van der Waals surface area contributed by atoms with Crippen LogP contribution in [0.5, 0.6) is 0 Å². The maximum absolute atomic E-state index is 12.8. The lowest BCUT2D eigenvalue weighted by Gasteiger charge is -2.31. The van der Waals surface area contributed by atoms with E-state index in [1.807, 2.05) is 0 Å². The molecule has 27 heavy (non-hydrogen) atoms. The molecule has 1 heterocycles. The molecule has 0 aromatic heterocycles. The summed E-state index contributed by atoms with van der Waals surface area (Å²) in [5, 5.41) is 2.57. The van der Waals surface area contributed by atoms with Crippen LogP contribution in [0.15, 0.2) is 33.6 Å². The first kappa shape index (κ1) is 20.3. The molecular formula is C18H23BrN2O5S. The zero-order valence-electron chi connectivity index (χ0n) is 14.9. The first-order valence-electron chi connectivity index (χ1n) is 9.05. The average Bonchev–Trinajstić information content (AvgIpc) is 3.49. The summed E-state index contributed by atoms with van der Waals surface area (Å²) in [6.45, 7) is 0.728. The molecule has 1 atom stereocenters. The number of benzene rings is 1. The van der Waals surface area contributed by atoms with Gasteiger partial charge < -0.3 is 10.1 Å². The van der Waals surface area contributed by atoms with E-state index < -0.39 is 21.9 Å². The van der Waals surface area contributed by atoms with E-state index >= 15 is 0 Å². The standard InChI is InChI=1S/C18H23BrN2O5S/c19-15-5-7-16(8-6-15)27(24,25)21-9-1-2-14(11-21)18(23)20-10-17(22)26-12-13-3-4-13/h5-8,13-14H,1-4,9-12H2,(H,20,23). The number of nitrogens with zero attached hydrogens (tertiary/aromatic N) is 1. The number of amides is 1. The fourth-order valence-electron chi connectivity index (χ4n) is 2.98. The van der Waals surface area contributed by atoms with Crippen molar-refractivity contribution < 1.29 is 22.7 Å². The van der Waals surface area contributed by atoms with Crippen molar-refractivity contribution >= 4 is 37.8 Å². The number of ether oxygens (including phenoxy) is 1. The molecule has 1 aliphatic carbocycles. The Balaban J connectivity index is 1.53. The Morgan fingerprint density at radius 3 is 2.56 bits per heavy atom. The van der Waals surface area contributed by atoms with Crippen molar-refractivity contribution in [2.24, 2.45) is 11.8 Å². The highest BCUT2D eigenvalue weighted by Gasteiger charge is 2.33. The Labute approximate surface area is 167 Å². The van der Waals surface area contributed by atoms with Crippen molar-refractivity contribution in [1.29, 1.82) is 0 Å². The third-order valence-electron chi connectivity index (χ3n) is 4.79. The van der Waals surface area contributed by atoms with Crippen LogP contribution in [-0.2, 0) is 24.3 Å². The summed E-state index contributed by atoms with van der Waals surface area (Å²) in [6, 6.07) is 6.43. The second-order valence-electron chi connectivity index (χ2n) is 7.00. The van der Waals surface area contributed by atoms with E-state index in [0.717, 1.165) is 17.3 Å². The maximum atomic E-state index is 12.8. The van der Waals surface area contributed by atoms with Gasteiger partial charge in [-0.3, -0.25) is 9.59 Å². The van der Waals surface area contributed by atoms with Crippen molar-refractivity contribution in [1.82, 2.24) is 9.62 Å². The number of carbonyl (C=O) groups is 2. The number of nitrogens with one attached hydrogen (secondary N) is 1. The van der Waals surface area contributed by atoms with Crippen molar-refractivity contribution in [3.8, 4) is 0 Å². The third kappa shape index (κ3) is 5.52. The quantitative estimate of drug-likeness (QED) is 0.629. The van der Waals surface area contributed by atoms with Crippen LogP contribution >= 0.6 is 15.9 Å². The Bertz CT molecular complexity index is 792. The van der Waals surface area contributed by atoms with Crippen LogP contribution in [0, 0.1) is 11.8 Å². The Kier molecular flexibility index (Phi) is 6.54. The van der Waals surface area contributed by atoms with Crippen LogP contribution < -0.4 is 5.32 Å². The Morgan fingerprint density at radius 1 is 1.19 bits per heavy atom. The number of hydrogen-bond donors (Lipinski definition) is 1. The van der Waals surface area contributed by atoms with E-state index in [0.29, 0.717) is 31.9 Å². The molecule has 7 nitrogen and oxygen atoms in total. The first-order chi connectivity index (χ1) is 12.9. The van der Waals surface area contributed by atoms with Crippen molar-refractivity contribution in [2.75, 3.05) is 26.2 Å². The van der Waals surface area contributed by atoms with Gasteiger partial charge in [0.25, 0.3) is 0 Å². The summed E-state index contributed by atoms with van der Waals surface area (Å²) in [7, 11) is -3.65. The summed E-state index contributed by atoms with van der Waals surface area (Å²) < 4.78 is 32.8. The molecule has 1 aromatic rings. The summed E-state index contributed by atoms with van der Waals surface area (Å²) in [5.74, 6) is -0.764. The molecule has 1 N–H and O–H groups in total. The van der Waals surface area contributed by atoms with Crippen molar-refractivity contribution in [2.45, 2.75) is 30.6 Å². The van der Waals surface area contributed by atoms with Crippen LogP contribution in [-0.4, -0.2) is 50.8 Å². The molecule has 1 aliphatic heterocycles. The van der Waals surface area contributed by atoms with Gasteiger partial charge in [-0.15, -0.1) is 0 Å². The molecule has 0 spiro atoms. The summed E-state index contributed by atoms with van der Waals surface area (Å²) in [4.78, 5) is 24.2. The van der Waals surface area contributed by atoms with Gasteiger partial charge in [0, 0.05) is 17.6 Å². The van der Waals surface area contributed by atoms with E-state index in [2.05, 4.69) is 21.2 Å². The van der Waals surface area contributed by atoms with Crippen molar-refractivity contribution in [3.05, 3.63) is 28.7 Å². The number of hydrogen-bond acceptors (Lipinski definition) is 5. The molecule has 1 saturated heterocycles. The van der Waals surface area contributed by atoms with E-state index in [-0.39, 0.29) is 23.9 Å². The average molecular weight is 459 g/mol. The number of piperidine rings is 1. The van der Waals surface area contributed by atoms with E-state index in [9.17, 15) is 18.0 Å². The number of carbonyl (C=O) groups excluding carboxylic acids is 2. The highest BCUT2D eigenvalue weighted by molar-refractivity contribution is 9.10. The smallest absolute Gasteiger partial charge is 0.325 e. The molecule has 0 radical (unpaired) electrons. The first-order valence-corrected chi connectivity index (χ1v) is 11.3. The van der Waals surface area contributed by atoms with Gasteiger partial charge in [0.2, 0.25) is 15.9 Å².